The van der Waals surface area contributed by atoms with Crippen molar-refractivity contribution in [2.45, 2.75) is 44.4 Å². The third kappa shape index (κ3) is 3.80. The van der Waals surface area contributed by atoms with E-state index in [4.69, 9.17) is 4.74 Å². The molecule has 0 aliphatic heterocycles. The van der Waals surface area contributed by atoms with Crippen molar-refractivity contribution in [2.24, 2.45) is 0 Å². The summed E-state index contributed by atoms with van der Waals surface area (Å²) >= 11 is 3.55. The van der Waals surface area contributed by atoms with Gasteiger partial charge in [-0.2, -0.15) is 0 Å². The molecule has 1 aromatic rings. The van der Waals surface area contributed by atoms with Crippen LogP contribution >= 0.6 is 15.9 Å². The van der Waals surface area contributed by atoms with Crippen LogP contribution in [0.2, 0.25) is 0 Å². The lowest BCUT2D eigenvalue weighted by Gasteiger charge is -2.28. The molecule has 0 atom stereocenters. The number of benzene rings is 1. The fourth-order valence-corrected chi connectivity index (χ4v) is 2.74. The number of nitrogens with one attached hydrogen (secondary N) is 1. The van der Waals surface area contributed by atoms with Crippen LogP contribution in [-0.2, 0) is 11.3 Å². The third-order valence-corrected chi connectivity index (χ3v) is 4.29. The van der Waals surface area contributed by atoms with Gasteiger partial charge in [-0.1, -0.05) is 34.1 Å². The molecule has 0 radical (unpaired) electrons. The molecule has 0 amide bonds. The first kappa shape index (κ1) is 13.1. The summed E-state index contributed by atoms with van der Waals surface area (Å²) in [5.74, 6) is 0. The van der Waals surface area contributed by atoms with Crippen molar-refractivity contribution in [3.8, 4) is 0 Å². The lowest BCUT2D eigenvalue weighted by Crippen LogP contribution is -2.32. The van der Waals surface area contributed by atoms with Crippen molar-refractivity contribution in [2.75, 3.05) is 7.05 Å². The minimum absolute atomic E-state index is 0.437. The second kappa shape index (κ2) is 6.53. The highest BCUT2D eigenvalue weighted by Gasteiger charge is 2.20. The number of rotatable bonds is 4. The summed E-state index contributed by atoms with van der Waals surface area (Å²) in [6, 6.07) is 8.96. The molecule has 0 bridgehead atoms. The summed E-state index contributed by atoms with van der Waals surface area (Å²) in [6.45, 7) is 0.719. The van der Waals surface area contributed by atoms with Crippen LogP contribution in [-0.4, -0.2) is 19.2 Å². The first-order valence-corrected chi connectivity index (χ1v) is 7.11. The Hall–Kier alpha value is -0.380. The van der Waals surface area contributed by atoms with Gasteiger partial charge < -0.3 is 10.1 Å². The molecule has 0 spiro atoms. The van der Waals surface area contributed by atoms with Crippen LogP contribution < -0.4 is 5.32 Å². The highest BCUT2D eigenvalue weighted by Crippen LogP contribution is 2.23. The Morgan fingerprint density at radius 1 is 1.24 bits per heavy atom. The molecule has 94 valence electrons. The van der Waals surface area contributed by atoms with Gasteiger partial charge in [0.2, 0.25) is 0 Å². The number of ether oxygens (including phenoxy) is 1. The van der Waals surface area contributed by atoms with Gasteiger partial charge in [0.15, 0.2) is 0 Å². The molecule has 2 rings (SSSR count). The van der Waals surface area contributed by atoms with Gasteiger partial charge in [-0.3, -0.25) is 0 Å². The highest BCUT2D eigenvalue weighted by atomic mass is 79.9. The summed E-state index contributed by atoms with van der Waals surface area (Å²) in [5, 5.41) is 3.34. The maximum absolute atomic E-state index is 5.98. The molecule has 1 aliphatic rings. The Balaban J connectivity index is 1.78. The van der Waals surface area contributed by atoms with E-state index in [1.165, 1.54) is 31.2 Å². The van der Waals surface area contributed by atoms with E-state index in [0.29, 0.717) is 12.1 Å². The average Bonchev–Trinajstić information content (AvgIpc) is 2.38. The van der Waals surface area contributed by atoms with Crippen LogP contribution in [0.3, 0.4) is 0 Å². The van der Waals surface area contributed by atoms with Gasteiger partial charge in [0.25, 0.3) is 0 Å². The van der Waals surface area contributed by atoms with E-state index < -0.39 is 0 Å². The minimum atomic E-state index is 0.437. The molecule has 1 N–H and O–H groups in total. The van der Waals surface area contributed by atoms with Crippen LogP contribution in [0.1, 0.15) is 31.2 Å². The summed E-state index contributed by atoms with van der Waals surface area (Å²) in [5.41, 5.74) is 1.24. The Morgan fingerprint density at radius 3 is 2.59 bits per heavy atom. The van der Waals surface area contributed by atoms with Crippen LogP contribution in [0, 0.1) is 0 Å². The van der Waals surface area contributed by atoms with Gasteiger partial charge in [-0.25, -0.2) is 0 Å². The van der Waals surface area contributed by atoms with E-state index in [1.54, 1.807) is 0 Å². The Morgan fingerprint density at radius 2 is 1.94 bits per heavy atom. The van der Waals surface area contributed by atoms with Crippen molar-refractivity contribution in [1.29, 1.82) is 0 Å². The Labute approximate surface area is 112 Å². The zero-order chi connectivity index (χ0) is 12.1. The molecular weight excluding hydrogens is 278 g/mol. The number of hydrogen-bond acceptors (Lipinski definition) is 2. The molecule has 0 aromatic heterocycles. The van der Waals surface area contributed by atoms with Crippen LogP contribution in [0.15, 0.2) is 28.7 Å². The fourth-order valence-electron chi connectivity index (χ4n) is 2.34. The molecule has 3 heteroatoms. The van der Waals surface area contributed by atoms with Crippen molar-refractivity contribution in [3.05, 3.63) is 34.3 Å². The monoisotopic (exact) mass is 297 g/mol. The zero-order valence-electron chi connectivity index (χ0n) is 10.3. The van der Waals surface area contributed by atoms with Crippen molar-refractivity contribution in [3.63, 3.8) is 0 Å². The lowest BCUT2D eigenvalue weighted by atomic mass is 9.93. The summed E-state index contributed by atoms with van der Waals surface area (Å²) in [7, 11) is 2.05. The first-order chi connectivity index (χ1) is 8.29. The van der Waals surface area contributed by atoms with E-state index in [9.17, 15) is 0 Å². The molecule has 1 fully saturated rings. The predicted molar refractivity (Wildman–Crippen MR) is 74.0 cm³/mol. The third-order valence-electron chi connectivity index (χ3n) is 3.51. The average molecular weight is 298 g/mol. The second-order valence-electron chi connectivity index (χ2n) is 4.66. The van der Waals surface area contributed by atoms with Gasteiger partial charge >= 0.3 is 0 Å². The van der Waals surface area contributed by atoms with Crippen molar-refractivity contribution < 1.29 is 4.74 Å². The van der Waals surface area contributed by atoms with E-state index in [-0.39, 0.29) is 0 Å². The van der Waals surface area contributed by atoms with Crippen LogP contribution in [0.5, 0.6) is 0 Å². The first-order valence-electron chi connectivity index (χ1n) is 6.32. The van der Waals surface area contributed by atoms with Crippen molar-refractivity contribution in [1.82, 2.24) is 5.32 Å². The van der Waals surface area contributed by atoms with E-state index in [2.05, 4.69) is 39.4 Å². The van der Waals surface area contributed by atoms with E-state index in [1.807, 2.05) is 13.1 Å². The normalized spacial score (nSPS) is 24.8. The molecule has 2 nitrogen and oxygen atoms in total. The van der Waals surface area contributed by atoms with Gasteiger partial charge in [0.05, 0.1) is 12.7 Å². The zero-order valence-corrected chi connectivity index (χ0v) is 11.9. The molecule has 1 saturated carbocycles. The number of halogens is 1. The number of hydrogen-bond donors (Lipinski definition) is 1. The maximum Gasteiger partial charge on any atom is 0.0731 e. The van der Waals surface area contributed by atoms with Crippen LogP contribution in [0.4, 0.5) is 0 Å². The standard InChI is InChI=1S/C14H20BrNO/c1-16-12-6-8-13(9-7-12)17-10-11-4-2-3-5-14(11)15/h2-5,12-13,16H,6-10H2,1H3. The molecule has 0 saturated heterocycles. The predicted octanol–water partition coefficient (Wildman–Crippen LogP) is 3.50. The minimum Gasteiger partial charge on any atom is -0.374 e. The van der Waals surface area contributed by atoms with Gasteiger partial charge in [-0.05, 0) is 44.4 Å². The summed E-state index contributed by atoms with van der Waals surface area (Å²) in [4.78, 5) is 0. The summed E-state index contributed by atoms with van der Waals surface area (Å²) < 4.78 is 7.13. The second-order valence-corrected chi connectivity index (χ2v) is 5.52. The van der Waals surface area contributed by atoms with Crippen LogP contribution in [0.25, 0.3) is 0 Å². The smallest absolute Gasteiger partial charge is 0.0731 e. The quantitative estimate of drug-likeness (QED) is 0.918. The van der Waals surface area contributed by atoms with Gasteiger partial charge in [0, 0.05) is 10.5 Å². The van der Waals surface area contributed by atoms with Gasteiger partial charge in [-0.15, -0.1) is 0 Å². The highest BCUT2D eigenvalue weighted by molar-refractivity contribution is 9.10. The maximum atomic E-state index is 5.98. The molecule has 1 aromatic carbocycles. The topological polar surface area (TPSA) is 21.3 Å². The summed E-state index contributed by atoms with van der Waals surface area (Å²) in [6.07, 6.45) is 5.26. The molecule has 0 heterocycles. The molecule has 17 heavy (non-hydrogen) atoms. The van der Waals surface area contributed by atoms with Crippen molar-refractivity contribution >= 4 is 15.9 Å². The van der Waals surface area contributed by atoms with E-state index >= 15 is 0 Å². The van der Waals surface area contributed by atoms with Gasteiger partial charge in [0.1, 0.15) is 0 Å². The fraction of sp³-hybridized carbons (Fsp3) is 0.571. The Kier molecular flexibility index (Phi) is 5.01. The SMILES string of the molecule is CNC1CCC(OCc2ccccc2Br)CC1. The molecule has 1 aliphatic carbocycles. The van der Waals surface area contributed by atoms with E-state index in [0.717, 1.165) is 11.1 Å². The largest absolute Gasteiger partial charge is 0.374 e. The molecule has 0 unspecified atom stereocenters. The molecular formula is C14H20BrNO. The lowest BCUT2D eigenvalue weighted by molar-refractivity contribution is 0.0116. The Bertz CT molecular complexity index is 348.